The first-order valence-electron chi connectivity index (χ1n) is 4.73. The standard InChI is InChI=1S/C11H13Cl2NOS/c1-14(2)7-16-11(15)6-8-3-4-9(12)10(13)5-8/h3-5H,6-7H2,1-2H3. The summed E-state index contributed by atoms with van der Waals surface area (Å²) in [6.07, 6.45) is 0.384. The second-order valence-corrected chi connectivity index (χ2v) is 5.47. The van der Waals surface area contributed by atoms with Crippen molar-refractivity contribution in [3.05, 3.63) is 33.8 Å². The summed E-state index contributed by atoms with van der Waals surface area (Å²) in [6, 6.07) is 5.27. The van der Waals surface area contributed by atoms with Crippen LogP contribution in [0.3, 0.4) is 0 Å². The summed E-state index contributed by atoms with van der Waals surface area (Å²) in [6.45, 7) is 0. The molecule has 2 nitrogen and oxygen atoms in total. The first-order valence-corrected chi connectivity index (χ1v) is 6.47. The molecule has 1 aromatic carbocycles. The van der Waals surface area contributed by atoms with E-state index in [4.69, 9.17) is 23.2 Å². The van der Waals surface area contributed by atoms with E-state index in [0.717, 1.165) is 5.56 Å². The Balaban J connectivity index is 2.53. The molecule has 0 fully saturated rings. The van der Waals surface area contributed by atoms with Gasteiger partial charge in [0.25, 0.3) is 0 Å². The van der Waals surface area contributed by atoms with Gasteiger partial charge in [0.05, 0.1) is 15.9 Å². The summed E-state index contributed by atoms with van der Waals surface area (Å²) in [5.41, 5.74) is 0.894. The van der Waals surface area contributed by atoms with Crippen LogP contribution in [0, 0.1) is 0 Å². The summed E-state index contributed by atoms with van der Waals surface area (Å²) in [7, 11) is 3.86. The van der Waals surface area contributed by atoms with Crippen molar-refractivity contribution in [2.45, 2.75) is 6.42 Å². The van der Waals surface area contributed by atoms with Gasteiger partial charge < -0.3 is 0 Å². The largest absolute Gasteiger partial charge is 0.300 e. The summed E-state index contributed by atoms with van der Waals surface area (Å²) < 4.78 is 0. The second-order valence-electron chi connectivity index (χ2n) is 3.65. The van der Waals surface area contributed by atoms with E-state index in [1.165, 1.54) is 11.8 Å². The van der Waals surface area contributed by atoms with Crippen LogP contribution in [0.25, 0.3) is 0 Å². The van der Waals surface area contributed by atoms with E-state index in [1.54, 1.807) is 12.1 Å². The van der Waals surface area contributed by atoms with E-state index in [1.807, 2.05) is 25.1 Å². The predicted octanol–water partition coefficient (Wildman–Crippen LogP) is 3.31. The van der Waals surface area contributed by atoms with E-state index in [-0.39, 0.29) is 5.12 Å². The van der Waals surface area contributed by atoms with Gasteiger partial charge in [0.15, 0.2) is 5.12 Å². The van der Waals surface area contributed by atoms with Crippen LogP contribution in [-0.4, -0.2) is 30.0 Å². The van der Waals surface area contributed by atoms with Crippen LogP contribution in [-0.2, 0) is 11.2 Å². The first kappa shape index (κ1) is 13.8. The zero-order chi connectivity index (χ0) is 12.1. The van der Waals surface area contributed by atoms with E-state index in [0.29, 0.717) is 22.3 Å². The van der Waals surface area contributed by atoms with Crippen LogP contribution in [0.1, 0.15) is 5.56 Å². The van der Waals surface area contributed by atoms with Gasteiger partial charge in [-0.25, -0.2) is 0 Å². The van der Waals surface area contributed by atoms with Crippen molar-refractivity contribution in [1.82, 2.24) is 4.90 Å². The number of halogens is 2. The van der Waals surface area contributed by atoms with Crippen molar-refractivity contribution < 1.29 is 4.79 Å². The number of rotatable bonds is 4. The normalized spacial score (nSPS) is 10.8. The molecular weight excluding hydrogens is 265 g/mol. The van der Waals surface area contributed by atoms with Gasteiger partial charge in [0, 0.05) is 6.42 Å². The maximum Gasteiger partial charge on any atom is 0.194 e. The Morgan fingerprint density at radius 1 is 1.31 bits per heavy atom. The molecule has 88 valence electrons. The second kappa shape index (κ2) is 6.50. The minimum atomic E-state index is 0.132. The lowest BCUT2D eigenvalue weighted by Crippen LogP contribution is -2.12. The first-order chi connectivity index (χ1) is 7.49. The van der Waals surface area contributed by atoms with Crippen LogP contribution in [0.2, 0.25) is 10.0 Å². The Hall–Kier alpha value is -0.220. The van der Waals surface area contributed by atoms with Crippen LogP contribution in [0.5, 0.6) is 0 Å². The molecule has 0 spiro atoms. The molecule has 16 heavy (non-hydrogen) atoms. The molecule has 0 amide bonds. The Bertz CT molecular complexity index is 382. The fraction of sp³-hybridized carbons (Fsp3) is 0.364. The van der Waals surface area contributed by atoms with Gasteiger partial charge >= 0.3 is 0 Å². The van der Waals surface area contributed by atoms with E-state index >= 15 is 0 Å². The monoisotopic (exact) mass is 277 g/mol. The zero-order valence-corrected chi connectivity index (χ0v) is 11.5. The van der Waals surface area contributed by atoms with E-state index in [2.05, 4.69) is 0 Å². The van der Waals surface area contributed by atoms with Crippen molar-refractivity contribution in [3.8, 4) is 0 Å². The van der Waals surface area contributed by atoms with E-state index in [9.17, 15) is 4.79 Å². The van der Waals surface area contributed by atoms with Gasteiger partial charge in [0.2, 0.25) is 0 Å². The van der Waals surface area contributed by atoms with Crippen LogP contribution in [0.15, 0.2) is 18.2 Å². The molecule has 0 aliphatic heterocycles. The molecule has 0 atom stereocenters. The highest BCUT2D eigenvalue weighted by atomic mass is 35.5. The molecule has 0 saturated carbocycles. The Morgan fingerprint density at radius 2 is 2.00 bits per heavy atom. The fourth-order valence-corrected chi connectivity index (χ4v) is 2.06. The summed E-state index contributed by atoms with van der Waals surface area (Å²) >= 11 is 13.0. The van der Waals surface area contributed by atoms with Gasteiger partial charge in [0.1, 0.15) is 0 Å². The topological polar surface area (TPSA) is 20.3 Å². The average molecular weight is 278 g/mol. The van der Waals surface area contributed by atoms with Gasteiger partial charge in [-0.05, 0) is 31.8 Å². The molecule has 0 radical (unpaired) electrons. The maximum atomic E-state index is 11.6. The molecule has 0 heterocycles. The van der Waals surface area contributed by atoms with Crippen molar-refractivity contribution in [2.24, 2.45) is 0 Å². The number of carbonyl (C=O) groups excluding carboxylic acids is 1. The summed E-state index contributed by atoms with van der Waals surface area (Å²) in [5.74, 6) is 0.695. The Kier molecular flexibility index (Phi) is 5.62. The summed E-state index contributed by atoms with van der Waals surface area (Å²) in [5, 5.41) is 1.13. The molecule has 0 unspecified atom stereocenters. The van der Waals surface area contributed by atoms with Crippen molar-refractivity contribution >= 4 is 40.1 Å². The molecule has 0 N–H and O–H groups in total. The smallest absolute Gasteiger partial charge is 0.194 e. The van der Waals surface area contributed by atoms with Crippen LogP contribution in [0.4, 0.5) is 0 Å². The lowest BCUT2D eigenvalue weighted by atomic mass is 10.2. The lowest BCUT2D eigenvalue weighted by molar-refractivity contribution is -0.110. The number of nitrogens with zero attached hydrogens (tertiary/aromatic N) is 1. The highest BCUT2D eigenvalue weighted by Crippen LogP contribution is 2.23. The van der Waals surface area contributed by atoms with Gasteiger partial charge in [-0.15, -0.1) is 0 Å². The molecule has 1 aromatic rings. The molecule has 0 bridgehead atoms. The van der Waals surface area contributed by atoms with E-state index < -0.39 is 0 Å². The number of hydrogen-bond acceptors (Lipinski definition) is 3. The van der Waals surface area contributed by atoms with Crippen molar-refractivity contribution in [1.29, 1.82) is 0 Å². The molecule has 0 aliphatic carbocycles. The Labute approximate surface area is 110 Å². The third kappa shape index (κ3) is 4.74. The Morgan fingerprint density at radius 3 is 2.56 bits per heavy atom. The summed E-state index contributed by atoms with van der Waals surface area (Å²) in [4.78, 5) is 13.5. The van der Waals surface area contributed by atoms with Gasteiger partial charge in [-0.3, -0.25) is 9.69 Å². The third-order valence-electron chi connectivity index (χ3n) is 1.82. The minimum absolute atomic E-state index is 0.132. The fourth-order valence-electron chi connectivity index (χ4n) is 1.07. The zero-order valence-electron chi connectivity index (χ0n) is 9.17. The van der Waals surface area contributed by atoms with Gasteiger partial charge in [-0.1, -0.05) is 41.0 Å². The lowest BCUT2D eigenvalue weighted by Gasteiger charge is -2.08. The molecular formula is C11H13Cl2NOS. The molecule has 0 aromatic heterocycles. The third-order valence-corrected chi connectivity index (χ3v) is 3.67. The highest BCUT2D eigenvalue weighted by Gasteiger charge is 2.06. The number of carbonyl (C=O) groups is 1. The van der Waals surface area contributed by atoms with Crippen LogP contribution < -0.4 is 0 Å². The molecule has 1 rings (SSSR count). The maximum absolute atomic E-state index is 11.6. The molecule has 5 heteroatoms. The minimum Gasteiger partial charge on any atom is -0.300 e. The molecule has 0 aliphatic rings. The number of thioether (sulfide) groups is 1. The quantitative estimate of drug-likeness (QED) is 0.788. The van der Waals surface area contributed by atoms with Crippen LogP contribution >= 0.6 is 35.0 Å². The SMILES string of the molecule is CN(C)CSC(=O)Cc1ccc(Cl)c(Cl)c1. The number of hydrogen-bond donors (Lipinski definition) is 0. The number of benzene rings is 1. The average Bonchev–Trinajstić information content (AvgIpc) is 2.21. The van der Waals surface area contributed by atoms with Crippen molar-refractivity contribution in [2.75, 3.05) is 20.0 Å². The molecule has 0 saturated heterocycles. The van der Waals surface area contributed by atoms with Gasteiger partial charge in [-0.2, -0.15) is 0 Å². The predicted molar refractivity (Wildman–Crippen MR) is 71.3 cm³/mol. The highest BCUT2D eigenvalue weighted by molar-refractivity contribution is 8.13. The van der Waals surface area contributed by atoms with Crippen molar-refractivity contribution in [3.63, 3.8) is 0 Å².